The van der Waals surface area contributed by atoms with Gasteiger partial charge in [0.05, 0.1) is 15.6 Å². The van der Waals surface area contributed by atoms with E-state index in [2.05, 4.69) is 0 Å². The van der Waals surface area contributed by atoms with Crippen LogP contribution in [-0.2, 0) is 10.3 Å². The Morgan fingerprint density at radius 1 is 1.41 bits per heavy atom. The number of carbonyl (C=O) groups excluding carboxylic acids is 1. The van der Waals surface area contributed by atoms with Crippen LogP contribution in [0.3, 0.4) is 0 Å². The zero-order valence-electron chi connectivity index (χ0n) is 12.8. The lowest BCUT2D eigenvalue weighted by Gasteiger charge is -2.28. The summed E-state index contributed by atoms with van der Waals surface area (Å²) in [5.74, 6) is -0.525. The van der Waals surface area contributed by atoms with Gasteiger partial charge in [0.25, 0.3) is 0 Å². The second-order valence-corrected chi connectivity index (χ2v) is 7.31. The number of halogens is 3. The number of amides is 1. The van der Waals surface area contributed by atoms with E-state index < -0.39 is 23.1 Å². The van der Waals surface area contributed by atoms with Crippen molar-refractivity contribution in [3.63, 3.8) is 0 Å². The number of likely N-dealkylation sites (tertiary alicyclic amines) is 1. The Bertz CT molecular complexity index is 604. The highest BCUT2D eigenvalue weighted by Gasteiger charge is 2.42. The maximum absolute atomic E-state index is 14.2. The van der Waals surface area contributed by atoms with E-state index in [0.717, 1.165) is 0 Å². The second-order valence-electron chi connectivity index (χ2n) is 6.53. The molecule has 1 aromatic carbocycles. The number of nitrogens with zero attached hydrogens (tertiary/aromatic N) is 1. The van der Waals surface area contributed by atoms with Crippen molar-refractivity contribution in [1.82, 2.24) is 4.90 Å². The van der Waals surface area contributed by atoms with Gasteiger partial charge in [0.2, 0.25) is 0 Å². The minimum absolute atomic E-state index is 0.0928. The lowest BCUT2D eigenvalue weighted by molar-refractivity contribution is 0.0284. The van der Waals surface area contributed by atoms with Gasteiger partial charge in [-0.2, -0.15) is 0 Å². The maximum Gasteiger partial charge on any atom is 0.410 e. The fraction of sp³-hybridized carbons (Fsp3) is 0.533. The Labute approximate surface area is 139 Å². The molecule has 1 fully saturated rings. The van der Waals surface area contributed by atoms with E-state index in [1.165, 1.54) is 17.0 Å². The molecule has 1 aliphatic rings. The molecule has 22 heavy (non-hydrogen) atoms. The Balaban J connectivity index is 2.25. The molecule has 1 aliphatic heterocycles. The van der Waals surface area contributed by atoms with Crippen LogP contribution in [0.2, 0.25) is 10.0 Å². The Morgan fingerprint density at radius 2 is 2.05 bits per heavy atom. The lowest BCUT2D eigenvalue weighted by Crippen LogP contribution is -2.43. The van der Waals surface area contributed by atoms with Crippen LogP contribution < -0.4 is 5.73 Å². The van der Waals surface area contributed by atoms with Gasteiger partial charge in [-0.05, 0) is 39.3 Å². The number of ether oxygens (including phenoxy) is 1. The number of benzene rings is 1. The van der Waals surface area contributed by atoms with Crippen molar-refractivity contribution in [2.75, 3.05) is 13.1 Å². The monoisotopic (exact) mass is 348 g/mol. The molecule has 1 amide bonds. The summed E-state index contributed by atoms with van der Waals surface area (Å²) in [4.78, 5) is 13.6. The summed E-state index contributed by atoms with van der Waals surface area (Å²) in [6.45, 7) is 5.84. The summed E-state index contributed by atoms with van der Waals surface area (Å²) >= 11 is 12.1. The predicted octanol–water partition coefficient (Wildman–Crippen LogP) is 3.93. The minimum Gasteiger partial charge on any atom is -0.444 e. The molecule has 0 spiro atoms. The van der Waals surface area contributed by atoms with E-state index in [-0.39, 0.29) is 22.2 Å². The molecule has 2 N–H and O–H groups in total. The van der Waals surface area contributed by atoms with Gasteiger partial charge in [-0.15, -0.1) is 0 Å². The molecule has 1 saturated heterocycles. The van der Waals surface area contributed by atoms with Crippen LogP contribution in [-0.4, -0.2) is 29.7 Å². The van der Waals surface area contributed by atoms with E-state index >= 15 is 0 Å². The van der Waals surface area contributed by atoms with Crippen molar-refractivity contribution in [2.45, 2.75) is 38.3 Å². The molecule has 1 aromatic rings. The predicted molar refractivity (Wildman–Crippen MR) is 84.7 cm³/mol. The zero-order valence-corrected chi connectivity index (χ0v) is 14.3. The SMILES string of the molecule is CC(C)(C)OC(=O)N1CC[C@](N)(c2c(F)ccc(Cl)c2Cl)C1. The number of hydrogen-bond acceptors (Lipinski definition) is 3. The van der Waals surface area contributed by atoms with Crippen molar-refractivity contribution in [3.05, 3.63) is 33.6 Å². The molecule has 0 saturated carbocycles. The second kappa shape index (κ2) is 5.87. The fourth-order valence-corrected chi connectivity index (χ4v) is 3.00. The molecule has 0 radical (unpaired) electrons. The Morgan fingerprint density at radius 3 is 2.64 bits per heavy atom. The van der Waals surface area contributed by atoms with Crippen LogP contribution in [0, 0.1) is 5.82 Å². The van der Waals surface area contributed by atoms with Crippen LogP contribution >= 0.6 is 23.2 Å². The average Bonchev–Trinajstić information content (AvgIpc) is 2.76. The van der Waals surface area contributed by atoms with Crippen LogP contribution in [0.5, 0.6) is 0 Å². The third-order valence-corrected chi connectivity index (χ3v) is 4.30. The molecule has 0 aliphatic carbocycles. The minimum atomic E-state index is -1.08. The van der Waals surface area contributed by atoms with Gasteiger partial charge in [-0.25, -0.2) is 9.18 Å². The molecular weight excluding hydrogens is 330 g/mol. The third-order valence-electron chi connectivity index (χ3n) is 3.49. The van der Waals surface area contributed by atoms with Crippen molar-refractivity contribution in [2.24, 2.45) is 5.73 Å². The van der Waals surface area contributed by atoms with Gasteiger partial charge < -0.3 is 15.4 Å². The number of hydrogen-bond donors (Lipinski definition) is 1. The lowest BCUT2D eigenvalue weighted by atomic mass is 9.89. The van der Waals surface area contributed by atoms with E-state index in [4.69, 9.17) is 33.7 Å². The van der Waals surface area contributed by atoms with Crippen molar-refractivity contribution in [1.29, 1.82) is 0 Å². The molecule has 2 rings (SSSR count). The molecule has 1 atom stereocenters. The highest BCUT2D eigenvalue weighted by atomic mass is 35.5. The van der Waals surface area contributed by atoms with Gasteiger partial charge in [0, 0.05) is 18.7 Å². The summed E-state index contributed by atoms with van der Waals surface area (Å²) in [5, 5.41) is 0.328. The normalized spacial score (nSPS) is 22.0. The zero-order chi connectivity index (χ0) is 16.7. The number of rotatable bonds is 1. The van der Waals surface area contributed by atoms with Crippen LogP contribution in [0.15, 0.2) is 12.1 Å². The van der Waals surface area contributed by atoms with Gasteiger partial charge in [-0.3, -0.25) is 0 Å². The van der Waals surface area contributed by atoms with Gasteiger partial charge in [0.15, 0.2) is 0 Å². The molecule has 0 aromatic heterocycles. The average molecular weight is 349 g/mol. The summed E-state index contributed by atoms with van der Waals surface area (Å²) in [6, 6.07) is 2.61. The first kappa shape index (κ1) is 17.3. The third kappa shape index (κ3) is 3.47. The van der Waals surface area contributed by atoms with Crippen LogP contribution in [0.25, 0.3) is 0 Å². The molecule has 7 heteroatoms. The highest BCUT2D eigenvalue weighted by molar-refractivity contribution is 6.42. The van der Waals surface area contributed by atoms with Crippen LogP contribution in [0.1, 0.15) is 32.8 Å². The Kier molecular flexibility index (Phi) is 4.62. The van der Waals surface area contributed by atoms with E-state index in [1.54, 1.807) is 20.8 Å². The van der Waals surface area contributed by atoms with E-state index in [9.17, 15) is 9.18 Å². The standard InChI is InChI=1S/C15H19Cl2FN2O2/c1-14(2,3)22-13(21)20-7-6-15(19,8-20)11-10(18)5-4-9(16)12(11)17/h4-5H,6-8,19H2,1-3H3/t15-/m1/s1. The highest BCUT2D eigenvalue weighted by Crippen LogP contribution is 2.39. The quantitative estimate of drug-likeness (QED) is 0.782. The molecule has 1 heterocycles. The molecule has 122 valence electrons. The van der Waals surface area contributed by atoms with Crippen molar-refractivity contribution >= 4 is 29.3 Å². The van der Waals surface area contributed by atoms with Gasteiger partial charge in [0.1, 0.15) is 11.4 Å². The first-order valence-corrected chi connectivity index (χ1v) is 7.70. The van der Waals surface area contributed by atoms with Crippen molar-refractivity contribution < 1.29 is 13.9 Å². The maximum atomic E-state index is 14.2. The van der Waals surface area contributed by atoms with E-state index in [1.807, 2.05) is 0 Å². The summed E-state index contributed by atoms with van der Waals surface area (Å²) in [7, 11) is 0. The van der Waals surface area contributed by atoms with E-state index in [0.29, 0.717) is 13.0 Å². The molecule has 4 nitrogen and oxygen atoms in total. The summed E-state index contributed by atoms with van der Waals surface area (Å²) < 4.78 is 19.5. The molecular formula is C15H19Cl2FN2O2. The van der Waals surface area contributed by atoms with Crippen LogP contribution in [0.4, 0.5) is 9.18 Å². The fourth-order valence-electron chi connectivity index (χ4n) is 2.50. The Hall–Kier alpha value is -1.04. The smallest absolute Gasteiger partial charge is 0.410 e. The summed E-state index contributed by atoms with van der Waals surface area (Å²) in [5.41, 5.74) is 4.77. The topological polar surface area (TPSA) is 55.6 Å². The van der Waals surface area contributed by atoms with Gasteiger partial charge in [-0.1, -0.05) is 23.2 Å². The summed E-state index contributed by atoms with van der Waals surface area (Å²) in [6.07, 6.45) is -0.0955. The number of nitrogens with two attached hydrogens (primary N) is 1. The first-order chi connectivity index (χ1) is 10.0. The van der Waals surface area contributed by atoms with Gasteiger partial charge >= 0.3 is 6.09 Å². The largest absolute Gasteiger partial charge is 0.444 e. The van der Waals surface area contributed by atoms with Crippen molar-refractivity contribution in [3.8, 4) is 0 Å². The first-order valence-electron chi connectivity index (χ1n) is 6.94. The molecule has 0 unspecified atom stereocenters. The number of carbonyl (C=O) groups is 1. The molecule has 0 bridgehead atoms.